The molecule has 0 heterocycles. The number of nitrogens with zero attached hydrogens (tertiary/aromatic N) is 2. The van der Waals surface area contributed by atoms with Crippen LogP contribution in [0.2, 0.25) is 0 Å². The van der Waals surface area contributed by atoms with E-state index in [-0.39, 0.29) is 6.04 Å². The molecule has 0 saturated carbocycles. The number of hydrogen-bond acceptors (Lipinski definition) is 2. The van der Waals surface area contributed by atoms with Gasteiger partial charge in [-0.2, -0.15) is 0 Å². The largest absolute Gasteiger partial charge is 0.334 e. The van der Waals surface area contributed by atoms with Crippen LogP contribution in [0, 0.1) is 13.8 Å². The second-order valence-corrected chi connectivity index (χ2v) is 10.5. The van der Waals surface area contributed by atoms with Crippen LogP contribution in [0.5, 0.6) is 0 Å². The van der Waals surface area contributed by atoms with Crippen molar-refractivity contribution in [1.29, 1.82) is 0 Å². The topological polar surface area (TPSA) is 6.48 Å². The molecule has 1 aliphatic carbocycles. The number of hydrogen-bond donors (Lipinski definition) is 0. The Bertz CT molecular complexity index is 1700. The van der Waals surface area contributed by atoms with Crippen molar-refractivity contribution in [3.05, 3.63) is 144 Å². The van der Waals surface area contributed by atoms with Crippen LogP contribution in [-0.4, -0.2) is 6.04 Å². The molecule has 192 valence electrons. The highest BCUT2D eigenvalue weighted by molar-refractivity contribution is 6.22. The molecule has 0 spiro atoms. The molecule has 0 amide bonds. The number of anilines is 4. The molecule has 5 aromatic rings. The van der Waals surface area contributed by atoms with E-state index >= 15 is 0 Å². The van der Waals surface area contributed by atoms with Gasteiger partial charge in [-0.05, 0) is 63.6 Å². The van der Waals surface area contributed by atoms with Crippen molar-refractivity contribution in [2.24, 2.45) is 0 Å². The monoisotopic (exact) mass is 506 g/mol. The predicted molar refractivity (Wildman–Crippen MR) is 170 cm³/mol. The highest BCUT2D eigenvalue weighted by atomic mass is 15.2. The van der Waals surface area contributed by atoms with Gasteiger partial charge >= 0.3 is 0 Å². The summed E-state index contributed by atoms with van der Waals surface area (Å²) in [5.74, 6) is 0. The Kier molecular flexibility index (Phi) is 6.32. The zero-order valence-electron chi connectivity index (χ0n) is 23.1. The van der Waals surface area contributed by atoms with Crippen molar-refractivity contribution in [1.82, 2.24) is 0 Å². The van der Waals surface area contributed by atoms with Gasteiger partial charge in [0.25, 0.3) is 0 Å². The van der Waals surface area contributed by atoms with Crippen LogP contribution in [0.4, 0.5) is 22.7 Å². The number of fused-ring (bicyclic) bond motifs is 2. The van der Waals surface area contributed by atoms with Gasteiger partial charge in [0.1, 0.15) is 0 Å². The van der Waals surface area contributed by atoms with Crippen molar-refractivity contribution in [2.45, 2.75) is 33.7 Å². The Morgan fingerprint density at radius 2 is 1.05 bits per heavy atom. The smallest absolute Gasteiger partial charge is 0.0620 e. The lowest BCUT2D eigenvalue weighted by atomic mass is 9.93. The molecule has 0 bridgehead atoms. The highest BCUT2D eigenvalue weighted by Gasteiger charge is 2.27. The third kappa shape index (κ3) is 4.23. The first-order valence-electron chi connectivity index (χ1n) is 13.7. The van der Waals surface area contributed by atoms with Crippen molar-refractivity contribution >= 4 is 44.3 Å². The van der Waals surface area contributed by atoms with E-state index in [0.29, 0.717) is 0 Å². The molecule has 6 rings (SSSR count). The van der Waals surface area contributed by atoms with Gasteiger partial charge < -0.3 is 9.80 Å². The number of aryl methyl sites for hydroxylation is 2. The van der Waals surface area contributed by atoms with Crippen molar-refractivity contribution in [2.75, 3.05) is 9.80 Å². The average Bonchev–Trinajstić information content (AvgIpc) is 2.96. The van der Waals surface area contributed by atoms with E-state index in [1.54, 1.807) is 0 Å². The van der Waals surface area contributed by atoms with E-state index in [4.69, 9.17) is 0 Å². The maximum absolute atomic E-state index is 4.19. The van der Waals surface area contributed by atoms with Crippen molar-refractivity contribution < 1.29 is 0 Å². The van der Waals surface area contributed by atoms with E-state index in [1.165, 1.54) is 55.3 Å². The summed E-state index contributed by atoms with van der Waals surface area (Å²) in [5, 5.41) is 4.89. The summed E-state index contributed by atoms with van der Waals surface area (Å²) in [6, 6.07) is 35.5. The Labute approximate surface area is 231 Å². The first-order valence-corrected chi connectivity index (χ1v) is 13.7. The van der Waals surface area contributed by atoms with Crippen LogP contribution in [0.1, 0.15) is 25.0 Å². The summed E-state index contributed by atoms with van der Waals surface area (Å²) in [7, 11) is 0. The second-order valence-electron chi connectivity index (χ2n) is 10.5. The van der Waals surface area contributed by atoms with Crippen LogP contribution in [-0.2, 0) is 0 Å². The molecule has 0 saturated heterocycles. The minimum atomic E-state index is 0.0955. The minimum absolute atomic E-state index is 0.0955. The van der Waals surface area contributed by atoms with Crippen LogP contribution >= 0.6 is 0 Å². The third-order valence-electron chi connectivity index (χ3n) is 7.83. The molecular formula is C37H34N2. The number of allylic oxidation sites excluding steroid dienone is 3. The summed E-state index contributed by atoms with van der Waals surface area (Å²) in [5.41, 5.74) is 9.77. The maximum atomic E-state index is 4.19. The summed E-state index contributed by atoms with van der Waals surface area (Å²) in [6.45, 7) is 12.9. The zero-order chi connectivity index (χ0) is 27.1. The fraction of sp³-hybridized carbons (Fsp3) is 0.135. The number of rotatable bonds is 7. The molecule has 5 aromatic carbocycles. The van der Waals surface area contributed by atoms with Gasteiger partial charge in [-0.3, -0.25) is 0 Å². The molecule has 0 N–H and O–H groups in total. The molecule has 0 fully saturated rings. The van der Waals surface area contributed by atoms with Gasteiger partial charge in [0.2, 0.25) is 0 Å². The molecular weight excluding hydrogens is 472 g/mol. The first-order chi connectivity index (χ1) is 19.0. The molecule has 0 aliphatic heterocycles. The maximum Gasteiger partial charge on any atom is 0.0620 e. The van der Waals surface area contributed by atoms with Gasteiger partial charge in [0, 0.05) is 44.7 Å². The second kappa shape index (κ2) is 9.96. The van der Waals surface area contributed by atoms with E-state index in [0.717, 1.165) is 11.4 Å². The van der Waals surface area contributed by atoms with Crippen LogP contribution < -0.4 is 9.80 Å². The Balaban J connectivity index is 1.72. The lowest BCUT2D eigenvalue weighted by Gasteiger charge is -2.36. The van der Waals surface area contributed by atoms with Crippen LogP contribution in [0.15, 0.2) is 133 Å². The summed E-state index contributed by atoms with van der Waals surface area (Å²) >= 11 is 0. The SMILES string of the molecule is C=CC(C)N(c1ccc(C)cc1)c1c2ccccc2c(N(C2=CC=C2C)c2ccc(C)cc2)c2ccccc12. The van der Waals surface area contributed by atoms with Gasteiger partial charge in [-0.25, -0.2) is 0 Å². The van der Waals surface area contributed by atoms with Crippen LogP contribution in [0.25, 0.3) is 21.5 Å². The molecule has 39 heavy (non-hydrogen) atoms. The molecule has 1 atom stereocenters. The lowest BCUT2D eigenvalue weighted by molar-refractivity contribution is 0.873. The summed E-state index contributed by atoms with van der Waals surface area (Å²) in [6.07, 6.45) is 6.45. The van der Waals surface area contributed by atoms with Gasteiger partial charge in [0.05, 0.1) is 11.4 Å². The minimum Gasteiger partial charge on any atom is -0.334 e. The fourth-order valence-electron chi connectivity index (χ4n) is 5.62. The van der Waals surface area contributed by atoms with Gasteiger partial charge in [-0.1, -0.05) is 96.1 Å². The van der Waals surface area contributed by atoms with E-state index in [9.17, 15) is 0 Å². The first kappa shape index (κ1) is 24.8. The summed E-state index contributed by atoms with van der Waals surface area (Å²) < 4.78 is 0. The van der Waals surface area contributed by atoms with Crippen molar-refractivity contribution in [3.63, 3.8) is 0 Å². The third-order valence-corrected chi connectivity index (χ3v) is 7.83. The Morgan fingerprint density at radius 3 is 1.46 bits per heavy atom. The summed E-state index contributed by atoms with van der Waals surface area (Å²) in [4.78, 5) is 4.88. The van der Waals surface area contributed by atoms with Gasteiger partial charge in [0.15, 0.2) is 0 Å². The quantitative estimate of drug-likeness (QED) is 0.123. The fourth-order valence-corrected chi connectivity index (χ4v) is 5.62. The van der Waals surface area contributed by atoms with E-state index < -0.39 is 0 Å². The molecule has 2 nitrogen and oxygen atoms in total. The van der Waals surface area contributed by atoms with Gasteiger partial charge in [-0.15, -0.1) is 6.58 Å². The number of benzene rings is 5. The zero-order valence-corrected chi connectivity index (χ0v) is 23.1. The van der Waals surface area contributed by atoms with E-state index in [2.05, 4.69) is 153 Å². The highest BCUT2D eigenvalue weighted by Crippen LogP contribution is 2.49. The van der Waals surface area contributed by atoms with Crippen molar-refractivity contribution in [3.8, 4) is 0 Å². The molecule has 2 heteroatoms. The molecule has 1 aliphatic rings. The lowest BCUT2D eigenvalue weighted by Crippen LogP contribution is -2.27. The average molecular weight is 507 g/mol. The van der Waals surface area contributed by atoms with Crippen LogP contribution in [0.3, 0.4) is 0 Å². The normalized spacial score (nSPS) is 13.4. The molecule has 0 radical (unpaired) electrons. The Morgan fingerprint density at radius 1 is 0.590 bits per heavy atom. The van der Waals surface area contributed by atoms with E-state index in [1.807, 2.05) is 6.08 Å². The Hall–Kier alpha value is -4.56. The molecule has 1 unspecified atom stereocenters. The predicted octanol–water partition coefficient (Wildman–Crippen LogP) is 10.3. The molecule has 0 aromatic heterocycles. The standard InChI is InChI=1S/C37H34N2/c1-6-28(5)38(29-20-15-25(2)16-21-29)36-31-11-7-9-13-33(31)37(34-14-10-8-12-32(34)36)39(35-24-19-27(35)4)30-22-17-26(3)18-23-30/h6-24,28H,1H2,2-5H3.